The summed E-state index contributed by atoms with van der Waals surface area (Å²) >= 11 is 0. The first-order chi connectivity index (χ1) is 23.6. The summed E-state index contributed by atoms with van der Waals surface area (Å²) in [7, 11) is 1.67. The van der Waals surface area contributed by atoms with Gasteiger partial charge in [0.1, 0.15) is 19.3 Å². The van der Waals surface area contributed by atoms with Crippen LogP contribution in [0.5, 0.6) is 0 Å². The maximum Gasteiger partial charge on any atom is 0.472 e. The van der Waals surface area contributed by atoms with E-state index >= 15 is 0 Å². The molecular weight excluding hydrogens is 637 g/mol. The second kappa shape index (κ2) is 34.3. The zero-order valence-electron chi connectivity index (χ0n) is 32.9. The van der Waals surface area contributed by atoms with Gasteiger partial charge in [-0.1, -0.05) is 148 Å². The van der Waals surface area contributed by atoms with Gasteiger partial charge < -0.3 is 18.9 Å². The lowest BCUT2D eigenvalue weighted by Gasteiger charge is -2.24. The molecule has 0 aliphatic heterocycles. The van der Waals surface area contributed by atoms with Crippen molar-refractivity contribution in [3.05, 3.63) is 12.2 Å². The molecular formula is C40H81NO7P+. The van der Waals surface area contributed by atoms with Crippen LogP contribution in [0.15, 0.2) is 12.2 Å². The molecule has 0 bridgehead atoms. The Morgan fingerprint density at radius 2 is 1.06 bits per heavy atom. The maximum atomic E-state index is 12.4. The van der Waals surface area contributed by atoms with Crippen molar-refractivity contribution in [3.8, 4) is 0 Å². The van der Waals surface area contributed by atoms with Crippen molar-refractivity contribution in [2.45, 2.75) is 187 Å². The van der Waals surface area contributed by atoms with Crippen molar-refractivity contribution in [1.29, 1.82) is 0 Å². The van der Waals surface area contributed by atoms with Crippen LogP contribution in [0.1, 0.15) is 181 Å². The summed E-state index contributed by atoms with van der Waals surface area (Å²) < 4.78 is 34.7. The number of rotatable bonds is 38. The number of unbranched alkanes of at least 4 members (excludes halogenated alkanes) is 22. The molecule has 9 heteroatoms. The molecule has 0 aromatic rings. The first-order valence-corrected chi connectivity index (χ1v) is 21.9. The number of phosphoric ester groups is 1. The Morgan fingerprint density at radius 1 is 0.612 bits per heavy atom. The van der Waals surface area contributed by atoms with E-state index in [2.05, 4.69) is 26.0 Å². The number of quaternary nitrogens is 1. The van der Waals surface area contributed by atoms with Gasteiger partial charge in [-0.05, 0) is 38.5 Å². The van der Waals surface area contributed by atoms with Crippen LogP contribution >= 0.6 is 7.82 Å². The quantitative estimate of drug-likeness (QED) is 0.0223. The average Bonchev–Trinajstić information content (AvgIpc) is 3.04. The third-order valence-corrected chi connectivity index (χ3v) is 9.81. The molecule has 0 heterocycles. The monoisotopic (exact) mass is 719 g/mol. The predicted molar refractivity (Wildman–Crippen MR) is 206 cm³/mol. The molecule has 0 saturated carbocycles. The lowest BCUT2D eigenvalue weighted by Crippen LogP contribution is -2.37. The van der Waals surface area contributed by atoms with E-state index in [1.807, 2.05) is 21.1 Å². The Kier molecular flexibility index (Phi) is 33.8. The summed E-state index contributed by atoms with van der Waals surface area (Å²) in [6, 6.07) is 0. The van der Waals surface area contributed by atoms with Crippen molar-refractivity contribution in [2.24, 2.45) is 0 Å². The highest BCUT2D eigenvalue weighted by molar-refractivity contribution is 7.47. The largest absolute Gasteiger partial charge is 0.472 e. The highest BCUT2D eigenvalue weighted by Crippen LogP contribution is 2.43. The van der Waals surface area contributed by atoms with Crippen molar-refractivity contribution in [3.63, 3.8) is 0 Å². The Balaban J connectivity index is 3.95. The number of phosphoric acid groups is 1. The zero-order valence-corrected chi connectivity index (χ0v) is 33.8. The molecule has 0 rings (SSSR count). The minimum atomic E-state index is -4.25. The van der Waals surface area contributed by atoms with Crippen LogP contribution in [-0.4, -0.2) is 75.6 Å². The van der Waals surface area contributed by atoms with E-state index in [-0.39, 0.29) is 25.8 Å². The van der Waals surface area contributed by atoms with Crippen LogP contribution in [-0.2, 0) is 27.9 Å². The Hall–Kier alpha value is -0.760. The van der Waals surface area contributed by atoms with Gasteiger partial charge >= 0.3 is 13.8 Å². The lowest BCUT2D eigenvalue weighted by atomic mass is 10.1. The molecule has 0 aromatic carbocycles. The fraction of sp³-hybridized carbons (Fsp3) is 0.925. The van der Waals surface area contributed by atoms with Gasteiger partial charge in [-0.2, -0.15) is 0 Å². The Labute approximate surface area is 303 Å². The predicted octanol–water partition coefficient (Wildman–Crippen LogP) is 11.5. The Morgan fingerprint density at radius 3 is 1.55 bits per heavy atom. The van der Waals surface area contributed by atoms with Crippen molar-refractivity contribution in [1.82, 2.24) is 0 Å². The SMILES string of the molecule is CCCCCCCCCC/C=C\CCCCCCCCCCCCOCC(COP(=O)(O)OCC[N+](C)(C)C)OC(=O)CCCCCCC. The molecule has 292 valence electrons. The van der Waals surface area contributed by atoms with Gasteiger partial charge in [-0.3, -0.25) is 13.8 Å². The topological polar surface area (TPSA) is 91.3 Å². The molecule has 0 fully saturated rings. The number of hydrogen-bond acceptors (Lipinski definition) is 6. The summed E-state index contributed by atoms with van der Waals surface area (Å²) in [4.78, 5) is 22.5. The van der Waals surface area contributed by atoms with Crippen LogP contribution in [0, 0.1) is 0 Å². The zero-order chi connectivity index (χ0) is 36.3. The van der Waals surface area contributed by atoms with Gasteiger partial charge in [-0.25, -0.2) is 4.57 Å². The van der Waals surface area contributed by atoms with Crippen LogP contribution in [0.2, 0.25) is 0 Å². The normalized spacial score (nSPS) is 14.0. The highest BCUT2D eigenvalue weighted by Gasteiger charge is 2.26. The molecule has 1 N–H and O–H groups in total. The van der Waals surface area contributed by atoms with Gasteiger partial charge in [0, 0.05) is 13.0 Å². The number of esters is 1. The standard InChI is InChI=1S/C40H80NO7P/c1-6-8-10-12-13-14-15-16-17-18-19-20-21-22-23-24-25-26-27-28-30-32-35-45-37-39(48-40(42)33-31-29-11-9-7-2)38-47-49(43,44)46-36-34-41(3,4)5/h18-19,39H,6-17,20-38H2,1-5H3/p+1/b19-18-. The van der Waals surface area contributed by atoms with E-state index in [4.69, 9.17) is 18.5 Å². The minimum Gasteiger partial charge on any atom is -0.457 e. The molecule has 0 aromatic heterocycles. The van der Waals surface area contributed by atoms with E-state index in [1.54, 1.807) is 0 Å². The van der Waals surface area contributed by atoms with E-state index in [1.165, 1.54) is 116 Å². The van der Waals surface area contributed by atoms with E-state index in [9.17, 15) is 14.3 Å². The van der Waals surface area contributed by atoms with Gasteiger partial charge in [0.2, 0.25) is 0 Å². The number of hydrogen-bond donors (Lipinski definition) is 1. The smallest absolute Gasteiger partial charge is 0.457 e. The summed E-state index contributed by atoms with van der Waals surface area (Å²) in [5.41, 5.74) is 0. The minimum absolute atomic E-state index is 0.0906. The number of carbonyl (C=O) groups is 1. The first-order valence-electron chi connectivity index (χ1n) is 20.4. The molecule has 0 saturated heterocycles. The molecule has 49 heavy (non-hydrogen) atoms. The molecule has 2 atom stereocenters. The highest BCUT2D eigenvalue weighted by atomic mass is 31.2. The van der Waals surface area contributed by atoms with E-state index in [0.717, 1.165) is 44.9 Å². The van der Waals surface area contributed by atoms with E-state index < -0.39 is 13.9 Å². The van der Waals surface area contributed by atoms with Gasteiger partial charge in [-0.15, -0.1) is 0 Å². The summed E-state index contributed by atoms with van der Waals surface area (Å²) in [6.07, 6.45) is 35.7. The van der Waals surface area contributed by atoms with Gasteiger partial charge in [0.15, 0.2) is 0 Å². The molecule has 0 aliphatic rings. The summed E-state index contributed by atoms with van der Waals surface area (Å²) in [5, 5.41) is 0. The fourth-order valence-corrected chi connectivity index (χ4v) is 6.35. The Bertz CT molecular complexity index is 802. The average molecular weight is 719 g/mol. The second-order valence-corrected chi connectivity index (χ2v) is 16.5. The summed E-state index contributed by atoms with van der Waals surface area (Å²) in [6.45, 7) is 5.55. The molecule has 0 radical (unpaired) electrons. The second-order valence-electron chi connectivity index (χ2n) is 15.0. The molecule has 8 nitrogen and oxygen atoms in total. The molecule has 0 spiro atoms. The lowest BCUT2D eigenvalue weighted by molar-refractivity contribution is -0.870. The number of nitrogens with zero attached hydrogens (tertiary/aromatic N) is 1. The molecule has 2 unspecified atom stereocenters. The number of allylic oxidation sites excluding steroid dienone is 2. The van der Waals surface area contributed by atoms with Crippen LogP contribution in [0.25, 0.3) is 0 Å². The van der Waals surface area contributed by atoms with Crippen molar-refractivity contribution >= 4 is 13.8 Å². The van der Waals surface area contributed by atoms with Crippen LogP contribution < -0.4 is 0 Å². The molecule has 0 amide bonds. The third-order valence-electron chi connectivity index (χ3n) is 8.83. The molecule has 0 aliphatic carbocycles. The van der Waals surface area contributed by atoms with Gasteiger partial charge in [0.25, 0.3) is 0 Å². The van der Waals surface area contributed by atoms with Crippen LogP contribution in [0.3, 0.4) is 0 Å². The van der Waals surface area contributed by atoms with Crippen molar-refractivity contribution < 1.29 is 37.3 Å². The first kappa shape index (κ1) is 48.2. The fourth-order valence-electron chi connectivity index (χ4n) is 5.61. The number of ether oxygens (including phenoxy) is 2. The summed E-state index contributed by atoms with van der Waals surface area (Å²) in [5.74, 6) is -0.325. The van der Waals surface area contributed by atoms with Gasteiger partial charge in [0.05, 0.1) is 34.4 Å². The number of carbonyl (C=O) groups excluding carboxylic acids is 1. The maximum absolute atomic E-state index is 12.4. The van der Waals surface area contributed by atoms with Crippen LogP contribution in [0.4, 0.5) is 0 Å². The van der Waals surface area contributed by atoms with Crippen molar-refractivity contribution in [2.75, 3.05) is 54.1 Å². The third kappa shape index (κ3) is 38.3. The number of likely N-dealkylation sites (N-methyl/N-ethyl adjacent to an activating group) is 1. The van der Waals surface area contributed by atoms with E-state index in [0.29, 0.717) is 24.1 Å².